The number of likely N-dealkylation sites (tertiary alicyclic amines) is 2. The van der Waals surface area contributed by atoms with Crippen molar-refractivity contribution < 1.29 is 14.7 Å². The molecule has 6 nitrogen and oxygen atoms in total. The first-order chi connectivity index (χ1) is 14.7. The van der Waals surface area contributed by atoms with Gasteiger partial charge in [-0.15, -0.1) is 0 Å². The zero-order valence-corrected chi connectivity index (χ0v) is 19.1. The lowest BCUT2D eigenvalue weighted by Crippen LogP contribution is -2.69. The molecule has 0 aromatic heterocycles. The highest BCUT2D eigenvalue weighted by Crippen LogP contribution is 2.44. The molecule has 2 amide bonds. The minimum Gasteiger partial charge on any atom is -0.465 e. The third-order valence-electron chi connectivity index (χ3n) is 7.98. The maximum absolute atomic E-state index is 13.8. The largest absolute Gasteiger partial charge is 0.465 e. The van der Waals surface area contributed by atoms with E-state index in [-0.39, 0.29) is 11.9 Å². The Morgan fingerprint density at radius 2 is 1.87 bits per heavy atom. The summed E-state index contributed by atoms with van der Waals surface area (Å²) in [7, 11) is 0. The van der Waals surface area contributed by atoms with E-state index < -0.39 is 17.0 Å². The van der Waals surface area contributed by atoms with Crippen LogP contribution in [-0.2, 0) is 11.3 Å². The van der Waals surface area contributed by atoms with Crippen LogP contribution >= 0.6 is 0 Å². The van der Waals surface area contributed by atoms with Gasteiger partial charge in [-0.25, -0.2) is 4.79 Å². The van der Waals surface area contributed by atoms with Crippen molar-refractivity contribution in [3.63, 3.8) is 0 Å². The average molecular weight is 428 g/mol. The Kier molecular flexibility index (Phi) is 6.03. The van der Waals surface area contributed by atoms with E-state index in [1.807, 2.05) is 26.8 Å². The second-order valence-electron chi connectivity index (χ2n) is 10.8. The summed E-state index contributed by atoms with van der Waals surface area (Å²) < 4.78 is 0. The lowest BCUT2D eigenvalue weighted by molar-refractivity contribution is -0.144. The predicted octanol–water partition coefficient (Wildman–Crippen LogP) is 3.96. The minimum atomic E-state index is -1.00. The molecule has 2 N–H and O–H groups in total. The number of amides is 2. The molecule has 1 aromatic rings. The van der Waals surface area contributed by atoms with Gasteiger partial charge in [0.15, 0.2) is 0 Å². The molecular weight excluding hydrogens is 390 g/mol. The molecule has 4 rings (SSSR count). The Morgan fingerprint density at radius 1 is 1.13 bits per heavy atom. The number of hydrogen-bond acceptors (Lipinski definition) is 3. The van der Waals surface area contributed by atoms with Crippen molar-refractivity contribution in [1.29, 1.82) is 0 Å². The lowest BCUT2D eigenvalue weighted by Gasteiger charge is -2.52. The molecule has 2 saturated heterocycles. The molecule has 0 radical (unpaired) electrons. The Hall–Kier alpha value is -2.08. The summed E-state index contributed by atoms with van der Waals surface area (Å²) in [5, 5.41) is 13.3. The van der Waals surface area contributed by atoms with Crippen LogP contribution in [0.3, 0.4) is 0 Å². The number of rotatable bonds is 4. The zero-order chi connectivity index (χ0) is 22.2. The molecular formula is C25H37N3O3. The van der Waals surface area contributed by atoms with Gasteiger partial charge < -0.3 is 10.4 Å². The lowest BCUT2D eigenvalue weighted by atomic mass is 9.67. The Labute approximate surface area is 186 Å². The van der Waals surface area contributed by atoms with Gasteiger partial charge in [0.05, 0.1) is 0 Å². The summed E-state index contributed by atoms with van der Waals surface area (Å²) in [6, 6.07) is 10.7. The molecule has 2 aliphatic heterocycles. The van der Waals surface area contributed by atoms with Gasteiger partial charge in [0.1, 0.15) is 5.54 Å². The van der Waals surface area contributed by atoms with Gasteiger partial charge in [-0.05, 0) is 54.9 Å². The van der Waals surface area contributed by atoms with Crippen LogP contribution in [0, 0.1) is 17.3 Å². The van der Waals surface area contributed by atoms with Gasteiger partial charge >= 0.3 is 6.09 Å². The first kappa shape index (κ1) is 22.1. The van der Waals surface area contributed by atoms with Crippen molar-refractivity contribution in [1.82, 2.24) is 15.1 Å². The fourth-order valence-electron chi connectivity index (χ4n) is 6.39. The number of carbonyl (C=O) groups excluding carboxylic acids is 1. The molecule has 0 spiro atoms. The van der Waals surface area contributed by atoms with Crippen LogP contribution < -0.4 is 5.32 Å². The summed E-state index contributed by atoms with van der Waals surface area (Å²) in [5.74, 6) is 0.974. The molecule has 3 aliphatic rings. The standard InChI is InChI=1S/C25H37N3O3/c1-24(2,3)25(13-7-8-14-28(25)23(30)31)22(29)26-21-12-11-19-16-27(17-20(19)21)15-18-9-5-4-6-10-18/h4-6,9-10,19-21H,7-8,11-17H2,1-3H3,(H,26,29)(H,30,31)/t19-,20+,21+,25+/m0/s1. The first-order valence-corrected chi connectivity index (χ1v) is 11.8. The number of nitrogens with zero attached hydrogens (tertiary/aromatic N) is 2. The summed E-state index contributed by atoms with van der Waals surface area (Å²) >= 11 is 0. The van der Waals surface area contributed by atoms with E-state index in [0.717, 1.165) is 45.3 Å². The maximum atomic E-state index is 13.8. The van der Waals surface area contributed by atoms with Crippen molar-refractivity contribution in [2.45, 2.75) is 71.0 Å². The summed E-state index contributed by atoms with van der Waals surface area (Å²) in [6.07, 6.45) is 3.44. The molecule has 31 heavy (non-hydrogen) atoms. The molecule has 4 atom stereocenters. The van der Waals surface area contributed by atoms with Crippen molar-refractivity contribution in [2.24, 2.45) is 17.3 Å². The van der Waals surface area contributed by atoms with Crippen LogP contribution in [0.1, 0.15) is 58.4 Å². The molecule has 170 valence electrons. The smallest absolute Gasteiger partial charge is 0.408 e. The summed E-state index contributed by atoms with van der Waals surface area (Å²) in [5.41, 5.74) is -0.144. The third kappa shape index (κ3) is 4.07. The van der Waals surface area contributed by atoms with Crippen LogP contribution in [0.15, 0.2) is 30.3 Å². The zero-order valence-electron chi connectivity index (χ0n) is 19.1. The quantitative estimate of drug-likeness (QED) is 0.763. The van der Waals surface area contributed by atoms with Crippen LogP contribution in [0.2, 0.25) is 0 Å². The van der Waals surface area contributed by atoms with E-state index in [1.165, 1.54) is 10.5 Å². The second kappa shape index (κ2) is 8.45. The van der Waals surface area contributed by atoms with Gasteiger partial charge in [0.25, 0.3) is 0 Å². The fourth-order valence-corrected chi connectivity index (χ4v) is 6.39. The van der Waals surface area contributed by atoms with E-state index in [2.05, 4.69) is 34.5 Å². The maximum Gasteiger partial charge on any atom is 0.408 e. The number of fused-ring (bicyclic) bond motifs is 1. The second-order valence-corrected chi connectivity index (χ2v) is 10.8. The fraction of sp³-hybridized carbons (Fsp3) is 0.680. The van der Waals surface area contributed by atoms with Crippen LogP contribution in [-0.4, -0.2) is 58.1 Å². The Morgan fingerprint density at radius 3 is 2.55 bits per heavy atom. The first-order valence-electron chi connectivity index (χ1n) is 11.8. The van der Waals surface area contributed by atoms with E-state index >= 15 is 0 Å². The summed E-state index contributed by atoms with van der Waals surface area (Å²) in [4.78, 5) is 29.8. The average Bonchev–Trinajstić information content (AvgIpc) is 3.28. The molecule has 1 saturated carbocycles. The molecule has 1 aliphatic carbocycles. The van der Waals surface area contributed by atoms with Crippen molar-refractivity contribution in [3.05, 3.63) is 35.9 Å². The molecule has 0 bridgehead atoms. The third-order valence-corrected chi connectivity index (χ3v) is 7.98. The molecule has 0 unspecified atom stereocenters. The highest BCUT2D eigenvalue weighted by molar-refractivity contribution is 5.91. The number of benzene rings is 1. The van der Waals surface area contributed by atoms with Crippen LogP contribution in [0.25, 0.3) is 0 Å². The minimum absolute atomic E-state index is 0.0886. The number of carboxylic acid groups (broad SMARTS) is 1. The molecule has 1 aromatic carbocycles. The number of nitrogens with one attached hydrogen (secondary N) is 1. The monoisotopic (exact) mass is 427 g/mol. The Balaban J connectivity index is 1.48. The highest BCUT2D eigenvalue weighted by Gasteiger charge is 2.56. The van der Waals surface area contributed by atoms with Gasteiger partial charge in [-0.2, -0.15) is 0 Å². The molecule has 2 heterocycles. The normalized spacial score (nSPS) is 31.5. The van der Waals surface area contributed by atoms with E-state index in [4.69, 9.17) is 0 Å². The number of piperidine rings is 1. The number of hydrogen-bond donors (Lipinski definition) is 2. The van der Waals surface area contributed by atoms with Crippen LogP contribution in [0.4, 0.5) is 4.79 Å². The summed E-state index contributed by atoms with van der Waals surface area (Å²) in [6.45, 7) is 9.47. The van der Waals surface area contributed by atoms with Crippen molar-refractivity contribution in [2.75, 3.05) is 19.6 Å². The van der Waals surface area contributed by atoms with Crippen molar-refractivity contribution in [3.8, 4) is 0 Å². The SMILES string of the molecule is CC(C)(C)[C@]1(C(=O)N[C@@H]2CC[C@H]3CN(Cc4ccccc4)C[C@H]32)CCCCN1C(=O)O. The molecule has 6 heteroatoms. The highest BCUT2D eigenvalue weighted by atomic mass is 16.4. The van der Waals surface area contributed by atoms with Gasteiger partial charge in [0.2, 0.25) is 5.91 Å². The van der Waals surface area contributed by atoms with Gasteiger partial charge in [-0.3, -0.25) is 14.6 Å². The van der Waals surface area contributed by atoms with E-state index in [9.17, 15) is 14.7 Å². The topological polar surface area (TPSA) is 72.9 Å². The van der Waals surface area contributed by atoms with Crippen molar-refractivity contribution >= 4 is 12.0 Å². The number of carbonyl (C=O) groups is 2. The van der Waals surface area contributed by atoms with Crippen LogP contribution in [0.5, 0.6) is 0 Å². The van der Waals surface area contributed by atoms with Gasteiger partial charge in [-0.1, -0.05) is 51.1 Å². The predicted molar refractivity (Wildman–Crippen MR) is 121 cm³/mol. The molecule has 3 fully saturated rings. The van der Waals surface area contributed by atoms with E-state index in [0.29, 0.717) is 24.8 Å². The Bertz CT molecular complexity index is 806. The van der Waals surface area contributed by atoms with E-state index in [1.54, 1.807) is 0 Å². The van der Waals surface area contributed by atoms with Gasteiger partial charge in [0, 0.05) is 32.2 Å².